The molecule has 0 heterocycles. The Hall–Kier alpha value is -1.87. The van der Waals surface area contributed by atoms with E-state index in [1.807, 2.05) is 24.3 Å². The van der Waals surface area contributed by atoms with Gasteiger partial charge in [0.1, 0.15) is 0 Å². The number of hydrogen-bond donors (Lipinski definition) is 1. The summed E-state index contributed by atoms with van der Waals surface area (Å²) in [6.07, 6.45) is 0. The SMILES string of the molecule is COc1ccc(C(=O)N(C)c2cc[c]([Ge][O]OO)cc2)cc1. The van der Waals surface area contributed by atoms with Crippen LogP contribution >= 0.6 is 0 Å². The quantitative estimate of drug-likeness (QED) is 0.481. The minimum absolute atomic E-state index is 0.110. The Labute approximate surface area is 134 Å². The second kappa shape index (κ2) is 7.95. The maximum absolute atomic E-state index is 12.4. The number of carbonyl (C=O) groups is 1. The molecule has 2 aromatic rings. The molecule has 1 N–H and O–H groups in total. The van der Waals surface area contributed by atoms with Gasteiger partial charge in [-0.2, -0.15) is 0 Å². The van der Waals surface area contributed by atoms with Crippen molar-refractivity contribution in [1.29, 1.82) is 0 Å². The summed E-state index contributed by atoms with van der Waals surface area (Å²) >= 11 is -0.995. The predicted molar refractivity (Wildman–Crippen MR) is 82.4 cm³/mol. The van der Waals surface area contributed by atoms with E-state index < -0.39 is 15.8 Å². The van der Waals surface area contributed by atoms with Gasteiger partial charge in [0.25, 0.3) is 0 Å². The first kappa shape index (κ1) is 16.5. The molecule has 22 heavy (non-hydrogen) atoms. The van der Waals surface area contributed by atoms with E-state index in [9.17, 15) is 4.79 Å². The van der Waals surface area contributed by atoms with E-state index in [1.165, 1.54) is 0 Å². The number of rotatable bonds is 6. The topological polar surface area (TPSA) is 68.2 Å². The maximum atomic E-state index is 12.4. The van der Waals surface area contributed by atoms with Crippen LogP contribution in [0.4, 0.5) is 5.69 Å². The van der Waals surface area contributed by atoms with E-state index in [0.717, 1.165) is 10.1 Å². The molecule has 0 atom stereocenters. The number of methoxy groups -OCH3 is 1. The fraction of sp³-hybridized carbons (Fsp3) is 0.133. The van der Waals surface area contributed by atoms with Gasteiger partial charge in [-0.1, -0.05) is 0 Å². The van der Waals surface area contributed by atoms with Crippen molar-refractivity contribution in [2.75, 3.05) is 19.1 Å². The van der Waals surface area contributed by atoms with E-state index in [0.29, 0.717) is 11.3 Å². The first-order valence-corrected chi connectivity index (χ1v) is 8.31. The summed E-state index contributed by atoms with van der Waals surface area (Å²) < 4.78 is 10.6. The number of carbonyl (C=O) groups excluding carboxylic acids is 1. The number of anilines is 1. The first-order valence-electron chi connectivity index (χ1n) is 6.41. The molecule has 2 radical (unpaired) electrons. The van der Waals surface area contributed by atoms with Gasteiger partial charge in [0.15, 0.2) is 0 Å². The van der Waals surface area contributed by atoms with Crippen molar-refractivity contribution >= 4 is 31.8 Å². The predicted octanol–water partition coefficient (Wildman–Crippen LogP) is 1.64. The Morgan fingerprint density at radius 2 is 1.73 bits per heavy atom. The summed E-state index contributed by atoms with van der Waals surface area (Å²) in [4.78, 5) is 14.0. The van der Waals surface area contributed by atoms with Crippen molar-refractivity contribution in [2.24, 2.45) is 0 Å². The van der Waals surface area contributed by atoms with E-state index in [4.69, 9.17) is 9.99 Å². The zero-order chi connectivity index (χ0) is 15.9. The molecule has 6 nitrogen and oxygen atoms in total. The van der Waals surface area contributed by atoms with Crippen molar-refractivity contribution in [3.8, 4) is 5.75 Å². The Morgan fingerprint density at radius 1 is 1.09 bits per heavy atom. The Balaban J connectivity index is 2.08. The second-order valence-electron chi connectivity index (χ2n) is 4.40. The molecule has 7 heteroatoms. The number of ether oxygens (including phenoxy) is 1. The molecule has 2 rings (SSSR count). The van der Waals surface area contributed by atoms with Crippen LogP contribution in [-0.4, -0.2) is 41.1 Å². The Bertz CT molecular complexity index is 615. The molecule has 0 aromatic heterocycles. The molecule has 0 bridgehead atoms. The molecule has 0 aliphatic rings. The van der Waals surface area contributed by atoms with Crippen molar-refractivity contribution in [3.63, 3.8) is 0 Å². The van der Waals surface area contributed by atoms with Gasteiger partial charge in [-0.25, -0.2) is 0 Å². The first-order chi connectivity index (χ1) is 10.7. The fourth-order valence-corrected chi connectivity index (χ4v) is 2.78. The minimum atomic E-state index is -0.995. The van der Waals surface area contributed by atoms with Gasteiger partial charge in [-0.3, -0.25) is 0 Å². The van der Waals surface area contributed by atoms with Crippen molar-refractivity contribution in [2.45, 2.75) is 0 Å². The monoisotopic (exact) mass is 363 g/mol. The van der Waals surface area contributed by atoms with Crippen molar-refractivity contribution in [1.82, 2.24) is 0 Å². The van der Waals surface area contributed by atoms with Crippen LogP contribution in [0.25, 0.3) is 0 Å². The summed E-state index contributed by atoms with van der Waals surface area (Å²) in [6.45, 7) is 0. The third kappa shape index (κ3) is 4.08. The average Bonchev–Trinajstić information content (AvgIpc) is 2.59. The second-order valence-corrected chi connectivity index (χ2v) is 6.39. The van der Waals surface area contributed by atoms with Gasteiger partial charge in [-0.15, -0.1) is 0 Å². The number of hydrogen-bond acceptors (Lipinski definition) is 5. The van der Waals surface area contributed by atoms with E-state index >= 15 is 0 Å². The molecule has 2 aromatic carbocycles. The fourth-order valence-electron chi connectivity index (χ4n) is 1.86. The summed E-state index contributed by atoms with van der Waals surface area (Å²) in [5, 5.41) is 11.8. The van der Waals surface area contributed by atoms with Crippen LogP contribution in [0.3, 0.4) is 0 Å². The Kier molecular flexibility index (Phi) is 5.96. The van der Waals surface area contributed by atoms with Crippen molar-refractivity contribution in [3.05, 3.63) is 54.1 Å². The molecule has 0 saturated heterocycles. The summed E-state index contributed by atoms with van der Waals surface area (Å²) in [7, 11) is 3.30. The molecule has 0 aliphatic carbocycles. The van der Waals surface area contributed by atoms with Gasteiger partial charge >= 0.3 is 134 Å². The summed E-state index contributed by atoms with van der Waals surface area (Å²) in [5.74, 6) is 0.598. The number of amides is 1. The number of nitrogens with zero attached hydrogens (tertiary/aromatic N) is 1. The normalized spacial score (nSPS) is 10.3. The standard InChI is InChI=1S/C15H15GeNO5/c1-17(13-7-5-12(6-8-13)16-21-22-19)15(18)11-3-9-14(20-2)10-4-11/h3-10,19H,1-2H3. The van der Waals surface area contributed by atoms with E-state index in [-0.39, 0.29) is 5.91 Å². The van der Waals surface area contributed by atoms with Crippen LogP contribution in [-0.2, 0) is 8.95 Å². The molecular weight excluding hydrogens is 347 g/mol. The van der Waals surface area contributed by atoms with E-state index in [1.54, 1.807) is 43.3 Å². The molecule has 1 amide bonds. The van der Waals surface area contributed by atoms with Crippen LogP contribution in [0.15, 0.2) is 48.5 Å². The molecule has 0 fully saturated rings. The zero-order valence-corrected chi connectivity index (χ0v) is 14.2. The Morgan fingerprint density at radius 3 is 2.27 bits per heavy atom. The molecule has 0 spiro atoms. The molecule has 0 unspecified atom stereocenters. The summed E-state index contributed by atoms with van der Waals surface area (Å²) in [6, 6.07) is 14.3. The number of benzene rings is 2. The van der Waals surface area contributed by atoms with Gasteiger partial charge in [-0.05, 0) is 0 Å². The summed E-state index contributed by atoms with van der Waals surface area (Å²) in [5.41, 5.74) is 1.35. The van der Waals surface area contributed by atoms with Crippen molar-refractivity contribution < 1.29 is 23.7 Å². The van der Waals surface area contributed by atoms with Gasteiger partial charge in [0, 0.05) is 0 Å². The third-order valence-corrected chi connectivity index (χ3v) is 4.62. The van der Waals surface area contributed by atoms with Crippen LogP contribution in [0.2, 0.25) is 0 Å². The van der Waals surface area contributed by atoms with Crippen LogP contribution in [0, 0.1) is 0 Å². The van der Waals surface area contributed by atoms with Gasteiger partial charge < -0.3 is 0 Å². The molecule has 0 saturated carbocycles. The zero-order valence-electron chi connectivity index (χ0n) is 12.1. The van der Waals surface area contributed by atoms with Crippen LogP contribution in [0.1, 0.15) is 10.4 Å². The molecular formula is C15H15GeNO5. The third-order valence-electron chi connectivity index (χ3n) is 3.09. The van der Waals surface area contributed by atoms with Gasteiger partial charge in [0.05, 0.1) is 0 Å². The van der Waals surface area contributed by atoms with Crippen LogP contribution in [0.5, 0.6) is 5.75 Å². The molecule has 114 valence electrons. The van der Waals surface area contributed by atoms with Crippen LogP contribution < -0.4 is 14.0 Å². The van der Waals surface area contributed by atoms with E-state index in [2.05, 4.69) is 8.95 Å². The molecule has 0 aliphatic heterocycles. The van der Waals surface area contributed by atoms with Gasteiger partial charge in [0.2, 0.25) is 0 Å². The average molecular weight is 362 g/mol.